The van der Waals surface area contributed by atoms with Crippen molar-refractivity contribution >= 4 is 23.2 Å². The van der Waals surface area contributed by atoms with Gasteiger partial charge in [0.25, 0.3) is 0 Å². The average molecular weight is 529 g/mol. The number of hydrogen-bond donors (Lipinski definition) is 1. The number of halogens is 2. The quantitative estimate of drug-likeness (QED) is 0.415. The predicted molar refractivity (Wildman–Crippen MR) is 139 cm³/mol. The largest absolute Gasteiger partial charge is 0.484 e. The highest BCUT2D eigenvalue weighted by Gasteiger charge is 2.22. The van der Waals surface area contributed by atoms with E-state index in [2.05, 4.69) is 32.3 Å². The molecule has 37 heavy (non-hydrogen) atoms. The molecule has 0 radical (unpaired) electrons. The van der Waals surface area contributed by atoms with Gasteiger partial charge in [0, 0.05) is 38.9 Å². The SMILES string of the molecule is COCCN1CCc2ccc(Nc3ncc(Cl)c(Oc4c(F)cccc4OC4CCOC4)n3)cc2CC1. The topological polar surface area (TPSA) is 78.0 Å². The summed E-state index contributed by atoms with van der Waals surface area (Å²) in [5.41, 5.74) is 3.49. The number of methoxy groups -OCH3 is 1. The highest BCUT2D eigenvalue weighted by molar-refractivity contribution is 6.31. The fraction of sp³-hybridized carbons (Fsp3) is 0.407. The normalized spacial score (nSPS) is 17.8. The highest BCUT2D eigenvalue weighted by Crippen LogP contribution is 2.37. The lowest BCUT2D eigenvalue weighted by molar-refractivity contribution is 0.138. The van der Waals surface area contributed by atoms with Crippen LogP contribution in [0.5, 0.6) is 17.4 Å². The molecule has 3 aromatic rings. The summed E-state index contributed by atoms with van der Waals surface area (Å²) in [6, 6.07) is 10.8. The first-order valence-electron chi connectivity index (χ1n) is 12.4. The summed E-state index contributed by atoms with van der Waals surface area (Å²) in [5, 5.41) is 3.38. The Bertz CT molecular complexity index is 1230. The van der Waals surface area contributed by atoms with Gasteiger partial charge in [0.15, 0.2) is 11.6 Å². The monoisotopic (exact) mass is 528 g/mol. The molecule has 0 aliphatic carbocycles. The van der Waals surface area contributed by atoms with Gasteiger partial charge in [0.05, 0.1) is 26.0 Å². The second-order valence-corrected chi connectivity index (χ2v) is 9.47. The van der Waals surface area contributed by atoms with Gasteiger partial charge in [-0.15, -0.1) is 0 Å². The Balaban J connectivity index is 1.31. The molecule has 0 spiro atoms. The Hall–Kier alpha value is -2.98. The number of nitrogens with zero attached hydrogens (tertiary/aromatic N) is 3. The number of fused-ring (bicyclic) bond motifs is 1. The van der Waals surface area contributed by atoms with Crippen molar-refractivity contribution in [2.75, 3.05) is 51.9 Å². The number of nitrogens with one attached hydrogen (secondary N) is 1. The van der Waals surface area contributed by atoms with Crippen molar-refractivity contribution in [3.8, 4) is 17.4 Å². The molecule has 1 N–H and O–H groups in total. The van der Waals surface area contributed by atoms with Gasteiger partial charge in [-0.2, -0.15) is 4.98 Å². The molecule has 0 amide bonds. The fourth-order valence-corrected chi connectivity index (χ4v) is 4.60. The first kappa shape index (κ1) is 25.7. The highest BCUT2D eigenvalue weighted by atomic mass is 35.5. The minimum Gasteiger partial charge on any atom is -0.484 e. The lowest BCUT2D eigenvalue weighted by atomic mass is 10.0. The zero-order valence-electron chi connectivity index (χ0n) is 20.7. The van der Waals surface area contributed by atoms with Crippen LogP contribution in [0.2, 0.25) is 5.02 Å². The van der Waals surface area contributed by atoms with Crippen LogP contribution < -0.4 is 14.8 Å². The van der Waals surface area contributed by atoms with Crippen molar-refractivity contribution in [2.45, 2.75) is 25.4 Å². The van der Waals surface area contributed by atoms with Crippen molar-refractivity contribution in [2.24, 2.45) is 0 Å². The summed E-state index contributed by atoms with van der Waals surface area (Å²) < 4.78 is 37.1. The molecule has 1 fully saturated rings. The number of para-hydroxylation sites is 1. The number of rotatable bonds is 9. The zero-order chi connectivity index (χ0) is 25.6. The molecular weight excluding hydrogens is 499 g/mol. The van der Waals surface area contributed by atoms with Crippen molar-refractivity contribution in [3.05, 3.63) is 64.6 Å². The molecule has 196 valence electrons. The molecule has 10 heteroatoms. The average Bonchev–Trinajstić information content (AvgIpc) is 3.33. The Morgan fingerprint density at radius 1 is 1.19 bits per heavy atom. The van der Waals surface area contributed by atoms with E-state index < -0.39 is 5.82 Å². The molecular formula is C27H30ClFN4O4. The summed E-state index contributed by atoms with van der Waals surface area (Å²) in [6.45, 7) is 4.72. The minimum atomic E-state index is -0.578. The number of hydrogen-bond acceptors (Lipinski definition) is 8. The van der Waals surface area contributed by atoms with E-state index in [4.69, 9.17) is 30.5 Å². The van der Waals surface area contributed by atoms with Gasteiger partial charge in [-0.3, -0.25) is 0 Å². The number of aromatic nitrogens is 2. The van der Waals surface area contributed by atoms with Gasteiger partial charge in [0.1, 0.15) is 11.1 Å². The molecule has 2 aliphatic rings. The Labute approximate surface area is 220 Å². The number of ether oxygens (including phenoxy) is 4. The molecule has 3 heterocycles. The van der Waals surface area contributed by atoms with E-state index in [1.165, 1.54) is 23.4 Å². The van der Waals surface area contributed by atoms with Crippen LogP contribution in [0.1, 0.15) is 17.5 Å². The third-order valence-electron chi connectivity index (χ3n) is 6.49. The van der Waals surface area contributed by atoms with Crippen LogP contribution in [0, 0.1) is 5.82 Å². The van der Waals surface area contributed by atoms with Crippen molar-refractivity contribution in [3.63, 3.8) is 0 Å². The van der Waals surface area contributed by atoms with Gasteiger partial charge in [-0.1, -0.05) is 23.7 Å². The first-order chi connectivity index (χ1) is 18.1. The first-order valence-corrected chi connectivity index (χ1v) is 12.8. The Morgan fingerprint density at radius 2 is 2.05 bits per heavy atom. The van der Waals surface area contributed by atoms with Gasteiger partial charge >= 0.3 is 0 Å². The van der Waals surface area contributed by atoms with Crippen molar-refractivity contribution < 1.29 is 23.3 Å². The van der Waals surface area contributed by atoms with E-state index in [0.717, 1.165) is 51.2 Å². The molecule has 2 aromatic carbocycles. The van der Waals surface area contributed by atoms with Crippen LogP contribution in [0.3, 0.4) is 0 Å². The van der Waals surface area contributed by atoms with E-state index in [9.17, 15) is 4.39 Å². The smallest absolute Gasteiger partial charge is 0.243 e. The van der Waals surface area contributed by atoms with Gasteiger partial charge in [-0.25, -0.2) is 9.37 Å². The summed E-state index contributed by atoms with van der Waals surface area (Å²) in [5.74, 6) is -0.0714. The van der Waals surface area contributed by atoms with E-state index in [1.807, 2.05) is 6.07 Å². The fourth-order valence-electron chi connectivity index (χ4n) is 4.47. The lowest BCUT2D eigenvalue weighted by Gasteiger charge is -2.18. The second kappa shape index (κ2) is 12.0. The third-order valence-corrected chi connectivity index (χ3v) is 6.75. The van der Waals surface area contributed by atoms with E-state index in [0.29, 0.717) is 13.2 Å². The molecule has 8 nitrogen and oxygen atoms in total. The van der Waals surface area contributed by atoms with E-state index in [1.54, 1.807) is 19.2 Å². The van der Waals surface area contributed by atoms with Crippen LogP contribution in [0.4, 0.5) is 16.0 Å². The molecule has 2 aliphatic heterocycles. The Kier molecular flexibility index (Phi) is 8.35. The standard InChI is InChI=1S/C27H30ClFN4O4/c1-34-14-12-33-10-7-18-5-6-20(15-19(18)8-11-33)31-27-30-16-22(28)26(32-27)37-25-23(29)3-2-4-24(25)36-21-9-13-35-17-21/h2-6,15-16,21H,7-14,17H2,1H3,(H,30,31,32). The molecule has 1 unspecified atom stereocenters. The Morgan fingerprint density at radius 3 is 2.86 bits per heavy atom. The summed E-state index contributed by atoms with van der Waals surface area (Å²) >= 11 is 6.31. The maximum atomic E-state index is 14.7. The van der Waals surface area contributed by atoms with Crippen LogP contribution in [-0.2, 0) is 22.3 Å². The lowest BCUT2D eigenvalue weighted by Crippen LogP contribution is -2.29. The number of benzene rings is 2. The number of anilines is 2. The summed E-state index contributed by atoms with van der Waals surface area (Å²) in [6.07, 6.45) is 3.93. The summed E-state index contributed by atoms with van der Waals surface area (Å²) in [7, 11) is 1.73. The molecule has 0 bridgehead atoms. The maximum absolute atomic E-state index is 14.7. The van der Waals surface area contributed by atoms with Gasteiger partial charge < -0.3 is 29.2 Å². The van der Waals surface area contributed by atoms with Gasteiger partial charge in [-0.05, 0) is 48.2 Å². The van der Waals surface area contributed by atoms with Crippen LogP contribution >= 0.6 is 11.6 Å². The maximum Gasteiger partial charge on any atom is 0.243 e. The molecule has 0 saturated carbocycles. The van der Waals surface area contributed by atoms with E-state index >= 15 is 0 Å². The molecule has 1 aromatic heterocycles. The van der Waals surface area contributed by atoms with Crippen molar-refractivity contribution in [1.82, 2.24) is 14.9 Å². The second-order valence-electron chi connectivity index (χ2n) is 9.06. The van der Waals surface area contributed by atoms with Gasteiger partial charge in [0.2, 0.25) is 17.6 Å². The van der Waals surface area contributed by atoms with Crippen LogP contribution in [-0.4, -0.2) is 67.5 Å². The summed E-state index contributed by atoms with van der Waals surface area (Å²) in [4.78, 5) is 11.1. The molecule has 1 atom stereocenters. The van der Waals surface area contributed by atoms with E-state index in [-0.39, 0.29) is 34.5 Å². The zero-order valence-corrected chi connectivity index (χ0v) is 21.5. The third kappa shape index (κ3) is 6.48. The van der Waals surface area contributed by atoms with Crippen LogP contribution in [0.25, 0.3) is 0 Å². The van der Waals surface area contributed by atoms with Crippen molar-refractivity contribution in [1.29, 1.82) is 0 Å². The predicted octanol–water partition coefficient (Wildman–Crippen LogP) is 5.02. The molecule has 5 rings (SSSR count). The molecule has 1 saturated heterocycles. The van der Waals surface area contributed by atoms with Crippen LogP contribution in [0.15, 0.2) is 42.6 Å². The minimum absolute atomic E-state index is 0.0281.